The largest absolute Gasteiger partial charge is 0.317 e. The predicted octanol–water partition coefficient (Wildman–Crippen LogP) is 2.73. The molecule has 1 aromatic rings. The highest BCUT2D eigenvalue weighted by atomic mass is 32.1. The van der Waals surface area contributed by atoms with Crippen LogP contribution in [-0.2, 0) is 0 Å². The quantitative estimate of drug-likeness (QED) is 0.812. The van der Waals surface area contributed by atoms with Crippen LogP contribution in [0.2, 0.25) is 0 Å². The van der Waals surface area contributed by atoms with Crippen molar-refractivity contribution in [2.24, 2.45) is 0 Å². The molecule has 14 heavy (non-hydrogen) atoms. The van der Waals surface area contributed by atoms with E-state index in [1.54, 1.807) is 0 Å². The molecule has 0 bridgehead atoms. The zero-order chi connectivity index (χ0) is 9.97. The number of nitrogens with zero attached hydrogens (tertiary/aromatic N) is 1. The molecule has 0 unspecified atom stereocenters. The van der Waals surface area contributed by atoms with Crippen LogP contribution in [0.3, 0.4) is 0 Å². The van der Waals surface area contributed by atoms with Crippen molar-refractivity contribution in [1.82, 2.24) is 10.3 Å². The first-order chi connectivity index (χ1) is 6.79. The Hall–Kier alpha value is -0.410. The van der Waals surface area contributed by atoms with Crippen molar-refractivity contribution in [3.8, 4) is 0 Å². The van der Waals surface area contributed by atoms with Gasteiger partial charge in [0.25, 0.3) is 0 Å². The summed E-state index contributed by atoms with van der Waals surface area (Å²) in [6, 6.07) is 0. The lowest BCUT2D eigenvalue weighted by molar-refractivity contribution is 0.451. The number of nitrogens with one attached hydrogen (secondary N) is 1. The minimum atomic E-state index is 0.632. The van der Waals surface area contributed by atoms with Crippen LogP contribution in [0.25, 0.3) is 0 Å². The molecule has 0 amide bonds. The molecule has 1 saturated heterocycles. The average Bonchev–Trinajstić information content (AvgIpc) is 2.67. The van der Waals surface area contributed by atoms with Crippen molar-refractivity contribution in [3.63, 3.8) is 0 Å². The van der Waals surface area contributed by atoms with Gasteiger partial charge in [-0.05, 0) is 31.8 Å². The summed E-state index contributed by atoms with van der Waals surface area (Å²) in [7, 11) is 0. The van der Waals surface area contributed by atoms with Gasteiger partial charge in [0.1, 0.15) is 0 Å². The summed E-state index contributed by atoms with van der Waals surface area (Å²) in [5, 5.41) is 3.40. The van der Waals surface area contributed by atoms with Gasteiger partial charge in [0.05, 0.1) is 11.2 Å². The number of thiazole rings is 1. The number of piperidine rings is 1. The molecule has 0 atom stereocenters. The summed E-state index contributed by atoms with van der Waals surface area (Å²) in [6.07, 6.45) is 2.51. The van der Waals surface area contributed by atoms with E-state index in [0.717, 1.165) is 13.1 Å². The number of hydrogen-bond donors (Lipinski definition) is 1. The lowest BCUT2D eigenvalue weighted by Crippen LogP contribution is -2.27. The van der Waals surface area contributed by atoms with Crippen LogP contribution in [0.5, 0.6) is 0 Å². The van der Waals surface area contributed by atoms with E-state index < -0.39 is 0 Å². The standard InChI is InChI=1S/C11H18N2S/c1-8(2)11-10(13-7-14-11)9-3-5-12-6-4-9/h7-9,12H,3-6H2,1-2H3. The highest BCUT2D eigenvalue weighted by Gasteiger charge is 2.21. The maximum atomic E-state index is 4.55. The Morgan fingerprint density at radius 3 is 2.79 bits per heavy atom. The van der Waals surface area contributed by atoms with Crippen molar-refractivity contribution < 1.29 is 0 Å². The highest BCUT2D eigenvalue weighted by Crippen LogP contribution is 2.33. The molecule has 1 aliphatic rings. The normalized spacial score (nSPS) is 19.1. The molecule has 0 saturated carbocycles. The van der Waals surface area contributed by atoms with Gasteiger partial charge in [-0.25, -0.2) is 4.98 Å². The van der Waals surface area contributed by atoms with Crippen LogP contribution < -0.4 is 5.32 Å². The fourth-order valence-electron chi connectivity index (χ4n) is 2.10. The minimum Gasteiger partial charge on any atom is -0.317 e. The first kappa shape index (κ1) is 10.1. The molecule has 2 nitrogen and oxygen atoms in total. The van der Waals surface area contributed by atoms with Crippen molar-refractivity contribution >= 4 is 11.3 Å². The summed E-state index contributed by atoms with van der Waals surface area (Å²) < 4.78 is 0. The SMILES string of the molecule is CC(C)c1scnc1C1CCNCC1. The second-order valence-electron chi connectivity index (χ2n) is 4.28. The van der Waals surface area contributed by atoms with Crippen LogP contribution in [0.4, 0.5) is 0 Å². The minimum absolute atomic E-state index is 0.632. The molecular weight excluding hydrogens is 192 g/mol. The second-order valence-corrected chi connectivity index (χ2v) is 5.17. The molecule has 1 N–H and O–H groups in total. The molecule has 0 aromatic carbocycles. The zero-order valence-corrected chi connectivity index (χ0v) is 9.73. The molecule has 1 fully saturated rings. The summed E-state index contributed by atoms with van der Waals surface area (Å²) in [4.78, 5) is 6.05. The Balaban J connectivity index is 2.17. The zero-order valence-electron chi connectivity index (χ0n) is 8.92. The van der Waals surface area contributed by atoms with E-state index in [2.05, 4.69) is 24.1 Å². The predicted molar refractivity (Wildman–Crippen MR) is 61.0 cm³/mol. The third kappa shape index (κ3) is 1.98. The van der Waals surface area contributed by atoms with Crippen molar-refractivity contribution in [1.29, 1.82) is 0 Å². The fraction of sp³-hybridized carbons (Fsp3) is 0.727. The molecule has 1 aromatic heterocycles. The van der Waals surface area contributed by atoms with E-state index in [-0.39, 0.29) is 0 Å². The smallest absolute Gasteiger partial charge is 0.0797 e. The van der Waals surface area contributed by atoms with Gasteiger partial charge in [-0.15, -0.1) is 11.3 Å². The Labute approximate surface area is 89.8 Å². The lowest BCUT2D eigenvalue weighted by atomic mass is 9.92. The second kappa shape index (κ2) is 4.41. The molecule has 1 aliphatic heterocycles. The number of rotatable bonds is 2. The van der Waals surface area contributed by atoms with Gasteiger partial charge in [0.15, 0.2) is 0 Å². The van der Waals surface area contributed by atoms with E-state index in [4.69, 9.17) is 0 Å². The third-order valence-corrected chi connectivity index (χ3v) is 4.02. The van der Waals surface area contributed by atoms with Gasteiger partial charge in [0.2, 0.25) is 0 Å². The highest BCUT2D eigenvalue weighted by molar-refractivity contribution is 7.09. The third-order valence-electron chi connectivity index (χ3n) is 2.87. The molecular formula is C11H18N2S. The molecule has 2 heterocycles. The van der Waals surface area contributed by atoms with Crippen LogP contribution in [-0.4, -0.2) is 18.1 Å². The summed E-state index contributed by atoms with van der Waals surface area (Å²) >= 11 is 1.82. The summed E-state index contributed by atoms with van der Waals surface area (Å²) in [5.74, 6) is 1.34. The Kier molecular flexibility index (Phi) is 3.19. The van der Waals surface area contributed by atoms with Gasteiger partial charge in [-0.2, -0.15) is 0 Å². The molecule has 2 rings (SSSR count). The first-order valence-corrected chi connectivity index (χ1v) is 6.31. The van der Waals surface area contributed by atoms with Crippen LogP contribution in [0, 0.1) is 0 Å². The Bertz CT molecular complexity index is 287. The first-order valence-electron chi connectivity index (χ1n) is 5.43. The van der Waals surface area contributed by atoms with E-state index in [0.29, 0.717) is 11.8 Å². The fourth-order valence-corrected chi connectivity index (χ4v) is 2.99. The van der Waals surface area contributed by atoms with Gasteiger partial charge in [-0.3, -0.25) is 0 Å². The van der Waals surface area contributed by atoms with Gasteiger partial charge in [0, 0.05) is 10.8 Å². The van der Waals surface area contributed by atoms with Crippen LogP contribution in [0.15, 0.2) is 5.51 Å². The van der Waals surface area contributed by atoms with Gasteiger partial charge < -0.3 is 5.32 Å². The average molecular weight is 210 g/mol. The molecule has 0 spiro atoms. The lowest BCUT2D eigenvalue weighted by Gasteiger charge is -2.22. The van der Waals surface area contributed by atoms with E-state index in [1.165, 1.54) is 23.4 Å². The topological polar surface area (TPSA) is 24.9 Å². The summed E-state index contributed by atoms with van der Waals surface area (Å²) in [6.45, 7) is 6.83. The molecule has 0 radical (unpaired) electrons. The molecule has 3 heteroatoms. The molecule has 78 valence electrons. The van der Waals surface area contributed by atoms with Crippen molar-refractivity contribution in [3.05, 3.63) is 16.1 Å². The van der Waals surface area contributed by atoms with Crippen molar-refractivity contribution in [2.75, 3.05) is 13.1 Å². The number of hydrogen-bond acceptors (Lipinski definition) is 3. The number of aromatic nitrogens is 1. The monoisotopic (exact) mass is 210 g/mol. The summed E-state index contributed by atoms with van der Waals surface area (Å²) in [5.41, 5.74) is 3.39. The van der Waals surface area contributed by atoms with Gasteiger partial charge in [-0.1, -0.05) is 13.8 Å². The maximum absolute atomic E-state index is 4.55. The van der Waals surface area contributed by atoms with E-state index in [9.17, 15) is 0 Å². The van der Waals surface area contributed by atoms with Crippen LogP contribution in [0.1, 0.15) is 49.1 Å². The van der Waals surface area contributed by atoms with Crippen LogP contribution >= 0.6 is 11.3 Å². The van der Waals surface area contributed by atoms with E-state index in [1.807, 2.05) is 16.8 Å². The van der Waals surface area contributed by atoms with Crippen molar-refractivity contribution in [2.45, 2.75) is 38.5 Å². The van der Waals surface area contributed by atoms with Gasteiger partial charge >= 0.3 is 0 Å². The molecule has 0 aliphatic carbocycles. The Morgan fingerprint density at radius 2 is 2.14 bits per heavy atom. The van der Waals surface area contributed by atoms with E-state index >= 15 is 0 Å². The maximum Gasteiger partial charge on any atom is 0.0797 e. The Morgan fingerprint density at radius 1 is 1.43 bits per heavy atom.